The lowest BCUT2D eigenvalue weighted by Gasteiger charge is -2.31. The first kappa shape index (κ1) is 21.2. The Bertz CT molecular complexity index is 1010. The van der Waals surface area contributed by atoms with Crippen molar-refractivity contribution in [3.63, 3.8) is 0 Å². The Morgan fingerprint density at radius 2 is 1.87 bits per heavy atom. The van der Waals surface area contributed by atoms with Crippen molar-refractivity contribution in [3.05, 3.63) is 34.8 Å². The van der Waals surface area contributed by atoms with Crippen LogP contribution in [0.1, 0.15) is 34.5 Å². The summed E-state index contributed by atoms with van der Waals surface area (Å²) >= 11 is 1.38. The van der Waals surface area contributed by atoms with E-state index in [1.807, 2.05) is 6.92 Å². The molecule has 0 unspecified atom stereocenters. The molecule has 2 saturated heterocycles. The van der Waals surface area contributed by atoms with Crippen molar-refractivity contribution in [2.24, 2.45) is 0 Å². The molecular weight excluding hydrogens is 424 g/mol. The standard InChI is InChI=1S/C20H26N4O4S2/c1-15-14-21-20(29-15)22-19(25)17-13-16(30(26,27)24-7-3-2-4-8-24)5-6-18(17)23-9-11-28-12-10-23/h5-6,13-14H,2-4,7-12H2,1H3,(H,21,22,25). The lowest BCUT2D eigenvalue weighted by atomic mass is 10.1. The topological polar surface area (TPSA) is 91.8 Å². The molecule has 1 aromatic heterocycles. The number of benzene rings is 1. The zero-order chi connectivity index (χ0) is 21.1. The van der Waals surface area contributed by atoms with Crippen LogP contribution in [0.25, 0.3) is 0 Å². The maximum Gasteiger partial charge on any atom is 0.259 e. The van der Waals surface area contributed by atoms with Crippen LogP contribution < -0.4 is 10.2 Å². The fourth-order valence-electron chi connectivity index (χ4n) is 3.77. The van der Waals surface area contributed by atoms with E-state index < -0.39 is 10.0 Å². The highest BCUT2D eigenvalue weighted by atomic mass is 32.2. The van der Waals surface area contributed by atoms with Gasteiger partial charge in [0.25, 0.3) is 5.91 Å². The average Bonchev–Trinajstić information content (AvgIpc) is 3.19. The van der Waals surface area contributed by atoms with E-state index in [-0.39, 0.29) is 10.8 Å². The van der Waals surface area contributed by atoms with Gasteiger partial charge in [-0.05, 0) is 38.0 Å². The highest BCUT2D eigenvalue weighted by molar-refractivity contribution is 7.89. The van der Waals surface area contributed by atoms with Gasteiger partial charge in [-0.1, -0.05) is 6.42 Å². The Morgan fingerprint density at radius 3 is 2.53 bits per heavy atom. The lowest BCUT2D eigenvalue weighted by Crippen LogP contribution is -2.38. The quantitative estimate of drug-likeness (QED) is 0.753. The van der Waals surface area contributed by atoms with Crippen molar-refractivity contribution in [1.82, 2.24) is 9.29 Å². The van der Waals surface area contributed by atoms with Crippen LogP contribution in [0.3, 0.4) is 0 Å². The fraction of sp³-hybridized carbons (Fsp3) is 0.500. The van der Waals surface area contributed by atoms with E-state index in [9.17, 15) is 13.2 Å². The fourth-order valence-corrected chi connectivity index (χ4v) is 5.97. The molecule has 0 bridgehead atoms. The number of aryl methyl sites for hydroxylation is 1. The van der Waals surface area contributed by atoms with Crippen LogP contribution in [-0.4, -0.2) is 63.0 Å². The first-order valence-corrected chi connectivity index (χ1v) is 12.4. The van der Waals surface area contributed by atoms with Crippen molar-refractivity contribution >= 4 is 38.1 Å². The van der Waals surface area contributed by atoms with E-state index in [1.165, 1.54) is 21.7 Å². The number of ether oxygens (including phenoxy) is 1. The van der Waals surface area contributed by atoms with Gasteiger partial charge in [-0.25, -0.2) is 13.4 Å². The van der Waals surface area contributed by atoms with Crippen LogP contribution in [0.15, 0.2) is 29.3 Å². The molecule has 30 heavy (non-hydrogen) atoms. The number of hydrogen-bond acceptors (Lipinski definition) is 7. The first-order chi connectivity index (χ1) is 14.4. The Labute approximate surface area is 180 Å². The number of carbonyl (C=O) groups excluding carboxylic acids is 1. The number of piperidine rings is 1. The van der Waals surface area contributed by atoms with E-state index in [0.717, 1.165) is 24.1 Å². The molecule has 2 aliphatic rings. The van der Waals surface area contributed by atoms with E-state index in [1.54, 1.807) is 18.3 Å². The molecule has 8 nitrogen and oxygen atoms in total. The number of anilines is 2. The second kappa shape index (κ2) is 9.01. The number of carbonyl (C=O) groups is 1. The molecule has 10 heteroatoms. The van der Waals surface area contributed by atoms with E-state index >= 15 is 0 Å². The van der Waals surface area contributed by atoms with Crippen molar-refractivity contribution in [3.8, 4) is 0 Å². The highest BCUT2D eigenvalue weighted by Crippen LogP contribution is 2.29. The van der Waals surface area contributed by atoms with Crippen LogP contribution in [0.2, 0.25) is 0 Å². The minimum absolute atomic E-state index is 0.155. The number of morpholine rings is 1. The maximum absolute atomic E-state index is 13.2. The Morgan fingerprint density at radius 1 is 1.13 bits per heavy atom. The molecule has 0 saturated carbocycles. The lowest BCUT2D eigenvalue weighted by molar-refractivity contribution is 0.102. The number of aromatic nitrogens is 1. The minimum atomic E-state index is -3.64. The summed E-state index contributed by atoms with van der Waals surface area (Å²) in [6.07, 6.45) is 4.47. The van der Waals surface area contributed by atoms with Crippen LogP contribution in [-0.2, 0) is 14.8 Å². The largest absolute Gasteiger partial charge is 0.378 e. The second-order valence-corrected chi connectivity index (χ2v) is 10.6. The Hall–Kier alpha value is -2.01. The van der Waals surface area contributed by atoms with E-state index in [2.05, 4.69) is 15.2 Å². The maximum atomic E-state index is 13.2. The van der Waals surface area contributed by atoms with Gasteiger partial charge in [0.15, 0.2) is 5.13 Å². The number of sulfonamides is 1. The summed E-state index contributed by atoms with van der Waals surface area (Å²) in [6.45, 7) is 5.39. The predicted molar refractivity (Wildman–Crippen MR) is 117 cm³/mol. The van der Waals surface area contributed by atoms with Gasteiger partial charge >= 0.3 is 0 Å². The zero-order valence-electron chi connectivity index (χ0n) is 17.0. The molecule has 1 amide bonds. The third kappa shape index (κ3) is 4.51. The summed E-state index contributed by atoms with van der Waals surface area (Å²) in [4.78, 5) is 20.5. The summed E-state index contributed by atoms with van der Waals surface area (Å²) in [5, 5.41) is 3.31. The van der Waals surface area contributed by atoms with Gasteiger partial charge in [-0.15, -0.1) is 11.3 Å². The third-order valence-electron chi connectivity index (χ3n) is 5.36. The van der Waals surface area contributed by atoms with Gasteiger partial charge in [-0.2, -0.15) is 4.31 Å². The average molecular weight is 451 g/mol. The number of hydrogen-bond donors (Lipinski definition) is 1. The monoisotopic (exact) mass is 450 g/mol. The number of nitrogens with one attached hydrogen (secondary N) is 1. The van der Waals surface area contributed by atoms with Gasteiger partial charge in [0.05, 0.1) is 23.7 Å². The minimum Gasteiger partial charge on any atom is -0.378 e. The van der Waals surface area contributed by atoms with Gasteiger partial charge in [-0.3, -0.25) is 10.1 Å². The molecule has 2 aliphatic heterocycles. The van der Waals surface area contributed by atoms with Crippen molar-refractivity contribution in [2.75, 3.05) is 49.6 Å². The van der Waals surface area contributed by atoms with E-state index in [0.29, 0.717) is 55.8 Å². The van der Waals surface area contributed by atoms with Gasteiger partial charge in [0.2, 0.25) is 10.0 Å². The normalized spacial score (nSPS) is 18.4. The SMILES string of the molecule is Cc1cnc(NC(=O)c2cc(S(=O)(=O)N3CCCCC3)ccc2N2CCOCC2)s1. The third-order valence-corrected chi connectivity index (χ3v) is 8.08. The summed E-state index contributed by atoms with van der Waals surface area (Å²) in [5.74, 6) is -0.360. The van der Waals surface area contributed by atoms with E-state index in [4.69, 9.17) is 4.74 Å². The molecule has 3 heterocycles. The van der Waals surface area contributed by atoms with Gasteiger partial charge in [0, 0.05) is 42.9 Å². The molecule has 4 rings (SSSR count). The molecule has 1 N–H and O–H groups in total. The number of amides is 1. The summed E-state index contributed by atoms with van der Waals surface area (Å²) in [6, 6.07) is 4.85. The number of nitrogens with zero attached hydrogens (tertiary/aromatic N) is 3. The molecule has 2 fully saturated rings. The van der Waals surface area contributed by atoms with Gasteiger partial charge < -0.3 is 9.64 Å². The van der Waals surface area contributed by atoms with Crippen LogP contribution >= 0.6 is 11.3 Å². The molecule has 0 aliphatic carbocycles. The van der Waals surface area contributed by atoms with Crippen molar-refractivity contribution in [1.29, 1.82) is 0 Å². The zero-order valence-corrected chi connectivity index (χ0v) is 18.6. The van der Waals surface area contributed by atoms with Crippen LogP contribution in [0.5, 0.6) is 0 Å². The van der Waals surface area contributed by atoms with Crippen molar-refractivity contribution < 1.29 is 17.9 Å². The molecule has 0 radical (unpaired) electrons. The van der Waals surface area contributed by atoms with Crippen LogP contribution in [0, 0.1) is 6.92 Å². The summed E-state index contributed by atoms with van der Waals surface area (Å²) < 4.78 is 33.3. The smallest absolute Gasteiger partial charge is 0.259 e. The molecule has 0 spiro atoms. The van der Waals surface area contributed by atoms with Crippen LogP contribution in [0.4, 0.5) is 10.8 Å². The molecule has 1 aromatic carbocycles. The Kier molecular flexibility index (Phi) is 6.37. The molecular formula is C20H26N4O4S2. The number of rotatable bonds is 5. The second-order valence-electron chi connectivity index (χ2n) is 7.47. The number of thiazole rings is 1. The molecule has 2 aromatic rings. The van der Waals surface area contributed by atoms with Crippen molar-refractivity contribution in [2.45, 2.75) is 31.1 Å². The predicted octanol–water partition coefficient (Wildman–Crippen LogP) is 2.72. The Balaban J connectivity index is 1.69. The first-order valence-electron chi connectivity index (χ1n) is 10.2. The van der Waals surface area contributed by atoms with Gasteiger partial charge in [0.1, 0.15) is 0 Å². The molecule has 0 atom stereocenters. The molecule has 162 valence electrons. The summed E-state index contributed by atoms with van der Waals surface area (Å²) in [7, 11) is -3.64. The highest BCUT2D eigenvalue weighted by Gasteiger charge is 2.28. The summed E-state index contributed by atoms with van der Waals surface area (Å²) in [5.41, 5.74) is 1.05.